The molecule has 0 fully saturated rings. The molecule has 0 saturated carbocycles. The van der Waals surface area contributed by atoms with Crippen LogP contribution in [0.25, 0.3) is 0 Å². The monoisotopic (exact) mass is 195 g/mol. The molecule has 78 valence electrons. The van der Waals surface area contributed by atoms with Crippen LogP contribution in [0.15, 0.2) is 18.6 Å². The van der Waals surface area contributed by atoms with Crippen LogP contribution >= 0.6 is 0 Å². The molecule has 2 N–H and O–H groups in total. The molecule has 4 heteroatoms. The first kappa shape index (κ1) is 11.1. The Labute approximate surface area is 84.4 Å². The van der Waals surface area contributed by atoms with Crippen molar-refractivity contribution >= 4 is 0 Å². The molecule has 1 unspecified atom stereocenters. The van der Waals surface area contributed by atoms with Crippen LogP contribution in [0.1, 0.15) is 19.5 Å². The van der Waals surface area contributed by atoms with Crippen molar-refractivity contribution in [3.8, 4) is 0 Å². The number of rotatable bonds is 5. The van der Waals surface area contributed by atoms with E-state index in [4.69, 9.17) is 5.11 Å². The van der Waals surface area contributed by atoms with E-state index in [1.165, 1.54) is 6.33 Å². The van der Waals surface area contributed by atoms with Crippen molar-refractivity contribution in [1.82, 2.24) is 15.3 Å². The lowest BCUT2D eigenvalue weighted by atomic mass is 10.1. The van der Waals surface area contributed by atoms with Gasteiger partial charge in [0, 0.05) is 18.8 Å². The van der Waals surface area contributed by atoms with E-state index in [-0.39, 0.29) is 12.6 Å². The molecule has 0 aliphatic rings. The van der Waals surface area contributed by atoms with Crippen LogP contribution < -0.4 is 5.32 Å². The number of hydrogen-bond acceptors (Lipinski definition) is 4. The van der Waals surface area contributed by atoms with Crippen LogP contribution in [0, 0.1) is 5.92 Å². The zero-order valence-corrected chi connectivity index (χ0v) is 8.64. The van der Waals surface area contributed by atoms with Gasteiger partial charge in [0.1, 0.15) is 6.33 Å². The van der Waals surface area contributed by atoms with E-state index in [9.17, 15) is 0 Å². The minimum atomic E-state index is 0.130. The summed E-state index contributed by atoms with van der Waals surface area (Å²) >= 11 is 0. The first-order valence-electron chi connectivity index (χ1n) is 4.83. The van der Waals surface area contributed by atoms with Gasteiger partial charge in [-0.05, 0) is 12.0 Å². The van der Waals surface area contributed by atoms with Gasteiger partial charge in [0.25, 0.3) is 0 Å². The number of nitrogens with zero attached hydrogens (tertiary/aromatic N) is 2. The Hall–Kier alpha value is -1.00. The Morgan fingerprint density at radius 2 is 2.29 bits per heavy atom. The van der Waals surface area contributed by atoms with Gasteiger partial charge in [-0.3, -0.25) is 0 Å². The second kappa shape index (κ2) is 5.67. The van der Waals surface area contributed by atoms with Gasteiger partial charge >= 0.3 is 0 Å². The number of nitrogens with one attached hydrogen (secondary N) is 1. The lowest BCUT2D eigenvalue weighted by molar-refractivity contribution is 0.209. The Bertz CT molecular complexity index is 251. The van der Waals surface area contributed by atoms with Gasteiger partial charge in [0.2, 0.25) is 0 Å². The van der Waals surface area contributed by atoms with E-state index in [0.717, 1.165) is 5.69 Å². The molecule has 1 rings (SSSR count). The van der Waals surface area contributed by atoms with Crippen LogP contribution in [0.3, 0.4) is 0 Å². The molecule has 0 aliphatic carbocycles. The summed E-state index contributed by atoms with van der Waals surface area (Å²) in [6.45, 7) is 4.98. The van der Waals surface area contributed by atoms with E-state index in [1.54, 1.807) is 6.20 Å². The number of aromatic nitrogens is 2. The van der Waals surface area contributed by atoms with E-state index >= 15 is 0 Å². The number of aliphatic hydroxyl groups excluding tert-OH is 1. The fraction of sp³-hybridized carbons (Fsp3) is 0.600. The summed E-state index contributed by atoms with van der Waals surface area (Å²) in [7, 11) is 0. The van der Waals surface area contributed by atoms with E-state index in [1.807, 2.05) is 6.07 Å². The van der Waals surface area contributed by atoms with Gasteiger partial charge in [-0.1, -0.05) is 13.8 Å². The minimum Gasteiger partial charge on any atom is -0.395 e. The molecule has 0 saturated heterocycles. The van der Waals surface area contributed by atoms with E-state index in [0.29, 0.717) is 12.5 Å². The molecule has 1 atom stereocenters. The van der Waals surface area contributed by atoms with Gasteiger partial charge in [-0.25, -0.2) is 9.97 Å². The maximum absolute atomic E-state index is 9.08. The first-order chi connectivity index (χ1) is 6.74. The molecule has 0 radical (unpaired) electrons. The van der Waals surface area contributed by atoms with Crippen molar-refractivity contribution < 1.29 is 5.11 Å². The topological polar surface area (TPSA) is 58.0 Å². The standard InChI is InChI=1S/C10H17N3O/c1-8(2)10(6-14)12-5-9-3-4-11-7-13-9/h3-4,7-8,10,12,14H,5-6H2,1-2H3. The molecule has 0 amide bonds. The largest absolute Gasteiger partial charge is 0.395 e. The fourth-order valence-electron chi connectivity index (χ4n) is 1.17. The summed E-state index contributed by atoms with van der Waals surface area (Å²) < 4.78 is 0. The summed E-state index contributed by atoms with van der Waals surface area (Å²) in [4.78, 5) is 7.93. The second-order valence-electron chi connectivity index (χ2n) is 3.61. The zero-order chi connectivity index (χ0) is 10.4. The predicted octanol–water partition coefficient (Wildman–Crippen LogP) is 0.583. The summed E-state index contributed by atoms with van der Waals surface area (Å²) in [5.74, 6) is 0.418. The lowest BCUT2D eigenvalue weighted by Gasteiger charge is -2.19. The highest BCUT2D eigenvalue weighted by Crippen LogP contribution is 2.01. The van der Waals surface area contributed by atoms with Crippen molar-refractivity contribution in [3.63, 3.8) is 0 Å². The smallest absolute Gasteiger partial charge is 0.115 e. The van der Waals surface area contributed by atoms with Gasteiger partial charge in [-0.15, -0.1) is 0 Å². The molecule has 14 heavy (non-hydrogen) atoms. The van der Waals surface area contributed by atoms with Crippen molar-refractivity contribution in [1.29, 1.82) is 0 Å². The summed E-state index contributed by atoms with van der Waals surface area (Å²) in [5.41, 5.74) is 0.944. The maximum atomic E-state index is 9.08. The molecule has 0 aromatic carbocycles. The third kappa shape index (κ3) is 3.40. The van der Waals surface area contributed by atoms with Gasteiger partial charge in [0.15, 0.2) is 0 Å². The molecule has 1 heterocycles. The van der Waals surface area contributed by atoms with Crippen LogP contribution in [0.2, 0.25) is 0 Å². The Morgan fingerprint density at radius 1 is 1.50 bits per heavy atom. The maximum Gasteiger partial charge on any atom is 0.115 e. The van der Waals surface area contributed by atoms with Crippen LogP contribution in [-0.4, -0.2) is 27.7 Å². The third-order valence-corrected chi connectivity index (χ3v) is 2.19. The zero-order valence-electron chi connectivity index (χ0n) is 8.64. The van der Waals surface area contributed by atoms with Crippen LogP contribution in [0.4, 0.5) is 0 Å². The molecule has 4 nitrogen and oxygen atoms in total. The van der Waals surface area contributed by atoms with Crippen molar-refractivity contribution in [2.45, 2.75) is 26.4 Å². The Balaban J connectivity index is 2.40. The minimum absolute atomic E-state index is 0.130. The van der Waals surface area contributed by atoms with Gasteiger partial charge in [-0.2, -0.15) is 0 Å². The normalized spacial score (nSPS) is 13.1. The highest BCUT2D eigenvalue weighted by Gasteiger charge is 2.10. The van der Waals surface area contributed by atoms with Gasteiger partial charge < -0.3 is 10.4 Å². The number of aliphatic hydroxyl groups is 1. The molecule has 0 bridgehead atoms. The molecule has 1 aromatic heterocycles. The number of hydrogen-bond donors (Lipinski definition) is 2. The summed E-state index contributed by atoms with van der Waals surface area (Å²) in [5, 5.41) is 12.3. The fourth-order valence-corrected chi connectivity index (χ4v) is 1.17. The summed E-state index contributed by atoms with van der Waals surface area (Å²) in [6.07, 6.45) is 3.24. The van der Waals surface area contributed by atoms with Gasteiger partial charge in [0.05, 0.1) is 12.3 Å². The molecule has 1 aromatic rings. The van der Waals surface area contributed by atoms with Crippen molar-refractivity contribution in [3.05, 3.63) is 24.3 Å². The molecular weight excluding hydrogens is 178 g/mol. The van der Waals surface area contributed by atoms with E-state index < -0.39 is 0 Å². The SMILES string of the molecule is CC(C)C(CO)NCc1ccncn1. The Morgan fingerprint density at radius 3 is 2.79 bits per heavy atom. The predicted molar refractivity (Wildman–Crippen MR) is 54.6 cm³/mol. The highest BCUT2D eigenvalue weighted by molar-refractivity contribution is 4.97. The molecule has 0 spiro atoms. The van der Waals surface area contributed by atoms with Crippen molar-refractivity contribution in [2.75, 3.05) is 6.61 Å². The van der Waals surface area contributed by atoms with E-state index in [2.05, 4.69) is 29.1 Å². The molecular formula is C10H17N3O. The first-order valence-corrected chi connectivity index (χ1v) is 4.83. The summed E-state index contributed by atoms with van der Waals surface area (Å²) in [6, 6.07) is 1.99. The third-order valence-electron chi connectivity index (χ3n) is 2.19. The highest BCUT2D eigenvalue weighted by atomic mass is 16.3. The molecule has 0 aliphatic heterocycles. The average Bonchev–Trinajstić information content (AvgIpc) is 2.20. The lowest BCUT2D eigenvalue weighted by Crippen LogP contribution is -2.36. The second-order valence-corrected chi connectivity index (χ2v) is 3.61. The van der Waals surface area contributed by atoms with Crippen LogP contribution in [0.5, 0.6) is 0 Å². The van der Waals surface area contributed by atoms with Crippen LogP contribution in [-0.2, 0) is 6.54 Å². The quantitative estimate of drug-likeness (QED) is 0.721. The average molecular weight is 195 g/mol. The van der Waals surface area contributed by atoms with Crippen molar-refractivity contribution in [2.24, 2.45) is 5.92 Å². The Kier molecular flexibility index (Phi) is 4.49.